The molecule has 0 radical (unpaired) electrons. The van der Waals surface area contributed by atoms with Gasteiger partial charge in [0.1, 0.15) is 5.69 Å². The molecule has 4 aromatic heterocycles. The number of benzene rings is 1. The van der Waals surface area contributed by atoms with E-state index >= 15 is 0 Å². The molecule has 174 valence electrons. The molecule has 0 saturated carbocycles. The molecule has 0 unspecified atom stereocenters. The first kappa shape index (κ1) is 22.6. The van der Waals surface area contributed by atoms with E-state index in [0.29, 0.717) is 37.4 Å². The van der Waals surface area contributed by atoms with Crippen LogP contribution in [0, 0.1) is 5.95 Å². The molecular formula is C24H16ClFN6O2S. The minimum atomic E-state index is -0.600. The first-order chi connectivity index (χ1) is 17.0. The van der Waals surface area contributed by atoms with Gasteiger partial charge in [-0.3, -0.25) is 14.2 Å². The smallest absolute Gasteiger partial charge is 0.261 e. The maximum Gasteiger partial charge on any atom is 0.261 e. The number of carbonyl (C=O) groups is 1. The van der Waals surface area contributed by atoms with E-state index in [0.717, 1.165) is 0 Å². The van der Waals surface area contributed by atoms with E-state index in [2.05, 4.69) is 20.6 Å². The lowest BCUT2D eigenvalue weighted by molar-refractivity contribution is 0.0954. The van der Waals surface area contributed by atoms with Crippen LogP contribution in [0.5, 0.6) is 0 Å². The zero-order valence-corrected chi connectivity index (χ0v) is 19.5. The van der Waals surface area contributed by atoms with Gasteiger partial charge < -0.3 is 5.32 Å². The number of halogens is 2. The Morgan fingerprint density at radius 2 is 2.00 bits per heavy atom. The van der Waals surface area contributed by atoms with Crippen LogP contribution in [0.1, 0.15) is 15.4 Å². The summed E-state index contributed by atoms with van der Waals surface area (Å²) >= 11 is 7.08. The molecule has 5 aromatic rings. The Bertz CT molecular complexity index is 1580. The van der Waals surface area contributed by atoms with Crippen LogP contribution < -0.4 is 10.9 Å². The molecule has 0 saturated heterocycles. The van der Waals surface area contributed by atoms with Crippen molar-refractivity contribution in [3.8, 4) is 22.5 Å². The lowest BCUT2D eigenvalue weighted by Crippen LogP contribution is -2.21. The summed E-state index contributed by atoms with van der Waals surface area (Å²) < 4.78 is 17.1. The number of hydrogen-bond donors (Lipinski definition) is 1. The van der Waals surface area contributed by atoms with Crippen LogP contribution >= 0.6 is 22.9 Å². The standard InChI is InChI=1S/C24H16ClFN6O2S/c25-21-8-7-20(35-21)24(34)28-13-16-14-32(30-29-16)19-6-5-17(31-10-2-1-3-23(31)33)11-18(19)15-4-9-22(26)27-12-15/h1-12,14H,13H2,(H,28,34). The molecule has 0 spiro atoms. The summed E-state index contributed by atoms with van der Waals surface area (Å²) in [6, 6.07) is 16.4. The van der Waals surface area contributed by atoms with E-state index < -0.39 is 5.95 Å². The van der Waals surface area contributed by atoms with Crippen molar-refractivity contribution in [1.29, 1.82) is 0 Å². The molecule has 0 aliphatic heterocycles. The maximum absolute atomic E-state index is 13.5. The first-order valence-electron chi connectivity index (χ1n) is 10.4. The fourth-order valence-electron chi connectivity index (χ4n) is 3.47. The molecule has 5 rings (SSSR count). The Hall–Kier alpha value is -4.15. The third-order valence-corrected chi connectivity index (χ3v) is 6.36. The summed E-state index contributed by atoms with van der Waals surface area (Å²) in [5, 5.41) is 11.1. The number of rotatable bonds is 6. The van der Waals surface area contributed by atoms with Gasteiger partial charge >= 0.3 is 0 Å². The quantitative estimate of drug-likeness (QED) is 0.347. The summed E-state index contributed by atoms with van der Waals surface area (Å²) in [4.78, 5) is 28.9. The Morgan fingerprint density at radius 3 is 2.74 bits per heavy atom. The summed E-state index contributed by atoms with van der Waals surface area (Å²) in [7, 11) is 0. The average Bonchev–Trinajstić information content (AvgIpc) is 3.52. The number of carbonyl (C=O) groups excluding carboxylic acids is 1. The van der Waals surface area contributed by atoms with E-state index in [-0.39, 0.29) is 18.0 Å². The highest BCUT2D eigenvalue weighted by atomic mass is 35.5. The zero-order chi connectivity index (χ0) is 24.4. The van der Waals surface area contributed by atoms with E-state index in [4.69, 9.17) is 11.6 Å². The predicted molar refractivity (Wildman–Crippen MR) is 131 cm³/mol. The van der Waals surface area contributed by atoms with Gasteiger partial charge in [-0.05, 0) is 48.5 Å². The highest BCUT2D eigenvalue weighted by molar-refractivity contribution is 7.17. The molecule has 35 heavy (non-hydrogen) atoms. The minimum Gasteiger partial charge on any atom is -0.346 e. The lowest BCUT2D eigenvalue weighted by atomic mass is 10.0. The third-order valence-electron chi connectivity index (χ3n) is 5.13. The summed E-state index contributed by atoms with van der Waals surface area (Å²) in [6.45, 7) is 0.166. The van der Waals surface area contributed by atoms with E-state index in [1.165, 1.54) is 34.2 Å². The van der Waals surface area contributed by atoms with Gasteiger partial charge in [0.25, 0.3) is 11.5 Å². The van der Waals surface area contributed by atoms with Crippen molar-refractivity contribution >= 4 is 28.8 Å². The van der Waals surface area contributed by atoms with Gasteiger partial charge in [0.05, 0.1) is 27.6 Å². The van der Waals surface area contributed by atoms with Crippen LogP contribution in [-0.2, 0) is 6.54 Å². The highest BCUT2D eigenvalue weighted by Crippen LogP contribution is 2.28. The fraction of sp³-hybridized carbons (Fsp3) is 0.0417. The molecule has 11 heteroatoms. The lowest BCUT2D eigenvalue weighted by Gasteiger charge is -2.13. The van der Waals surface area contributed by atoms with Crippen LogP contribution in [0.4, 0.5) is 4.39 Å². The molecule has 8 nitrogen and oxygen atoms in total. The normalized spacial score (nSPS) is 10.9. The second kappa shape index (κ2) is 9.61. The topological polar surface area (TPSA) is 94.7 Å². The molecule has 0 aliphatic carbocycles. The molecule has 0 aliphatic rings. The minimum absolute atomic E-state index is 0.166. The number of hydrogen-bond acceptors (Lipinski definition) is 6. The number of thiophene rings is 1. The van der Waals surface area contributed by atoms with Crippen molar-refractivity contribution in [1.82, 2.24) is 29.9 Å². The molecule has 0 bridgehead atoms. The highest BCUT2D eigenvalue weighted by Gasteiger charge is 2.14. The maximum atomic E-state index is 13.5. The molecule has 0 atom stereocenters. The van der Waals surface area contributed by atoms with Gasteiger partial charge in [-0.1, -0.05) is 22.9 Å². The summed E-state index contributed by atoms with van der Waals surface area (Å²) in [6.07, 6.45) is 4.77. The Morgan fingerprint density at radius 1 is 1.11 bits per heavy atom. The van der Waals surface area contributed by atoms with Crippen LogP contribution in [0.2, 0.25) is 4.34 Å². The van der Waals surface area contributed by atoms with Crippen molar-refractivity contribution in [3.63, 3.8) is 0 Å². The summed E-state index contributed by atoms with van der Waals surface area (Å²) in [5.41, 5.74) is 2.91. The first-order valence-corrected chi connectivity index (χ1v) is 11.6. The van der Waals surface area contributed by atoms with E-state index in [1.807, 2.05) is 0 Å². The van der Waals surface area contributed by atoms with E-state index in [1.54, 1.807) is 65.6 Å². The molecule has 0 fully saturated rings. The average molecular weight is 507 g/mol. The van der Waals surface area contributed by atoms with Gasteiger partial charge in [-0.15, -0.1) is 16.4 Å². The van der Waals surface area contributed by atoms with E-state index in [9.17, 15) is 14.0 Å². The van der Waals surface area contributed by atoms with Crippen LogP contribution in [-0.4, -0.2) is 30.5 Å². The predicted octanol–water partition coefficient (Wildman–Crippen LogP) is 4.26. The molecule has 4 heterocycles. The van der Waals surface area contributed by atoms with Gasteiger partial charge in [-0.25, -0.2) is 9.67 Å². The van der Waals surface area contributed by atoms with Gasteiger partial charge in [-0.2, -0.15) is 4.39 Å². The van der Waals surface area contributed by atoms with Crippen molar-refractivity contribution in [2.45, 2.75) is 6.54 Å². The number of nitrogens with one attached hydrogen (secondary N) is 1. The number of aromatic nitrogens is 5. The van der Waals surface area contributed by atoms with Gasteiger partial charge in [0, 0.05) is 35.3 Å². The Kier molecular flexibility index (Phi) is 6.21. The van der Waals surface area contributed by atoms with Crippen LogP contribution in [0.15, 0.2) is 84.0 Å². The number of nitrogens with zero attached hydrogens (tertiary/aromatic N) is 5. The molecule has 1 aromatic carbocycles. The Balaban J connectivity index is 1.48. The Labute approximate surface area is 207 Å². The number of pyridine rings is 2. The largest absolute Gasteiger partial charge is 0.346 e. The van der Waals surface area contributed by atoms with Crippen molar-refractivity contribution in [2.75, 3.05) is 0 Å². The SMILES string of the molecule is O=C(NCc1cn(-c2ccc(-n3ccccc3=O)cc2-c2ccc(F)nc2)nn1)c1ccc(Cl)s1. The van der Waals surface area contributed by atoms with Crippen LogP contribution in [0.3, 0.4) is 0 Å². The molecular weight excluding hydrogens is 491 g/mol. The fourth-order valence-corrected chi connectivity index (χ4v) is 4.43. The third kappa shape index (κ3) is 4.88. The van der Waals surface area contributed by atoms with Crippen molar-refractivity contribution < 1.29 is 9.18 Å². The van der Waals surface area contributed by atoms with Crippen molar-refractivity contribution in [2.24, 2.45) is 0 Å². The van der Waals surface area contributed by atoms with Gasteiger partial charge in [0.15, 0.2) is 0 Å². The van der Waals surface area contributed by atoms with Gasteiger partial charge in [0.2, 0.25) is 5.95 Å². The monoisotopic (exact) mass is 506 g/mol. The number of amides is 1. The summed E-state index contributed by atoms with van der Waals surface area (Å²) in [5.74, 6) is -0.858. The second-order valence-corrected chi connectivity index (χ2v) is 9.14. The molecule has 1 N–H and O–H groups in total. The second-order valence-electron chi connectivity index (χ2n) is 7.42. The van der Waals surface area contributed by atoms with Crippen molar-refractivity contribution in [3.05, 3.63) is 110 Å². The zero-order valence-electron chi connectivity index (χ0n) is 17.9. The molecule has 1 amide bonds. The van der Waals surface area contributed by atoms with Crippen LogP contribution in [0.25, 0.3) is 22.5 Å².